The van der Waals surface area contributed by atoms with Gasteiger partial charge in [0, 0.05) is 19.5 Å². The van der Waals surface area contributed by atoms with Crippen molar-refractivity contribution in [2.24, 2.45) is 0 Å². The fourth-order valence-corrected chi connectivity index (χ4v) is 0.848. The van der Waals surface area contributed by atoms with Gasteiger partial charge in [-0.05, 0) is 24.3 Å². The smallest absolute Gasteiger partial charge is 0.296 e. The zero-order valence-electron chi connectivity index (χ0n) is 7.54. The Hall–Kier alpha value is -1.30. The van der Waals surface area contributed by atoms with Crippen LogP contribution in [0.5, 0.6) is 0 Å². The third-order valence-electron chi connectivity index (χ3n) is 1.52. The molecule has 76 valence electrons. The minimum atomic E-state index is -0.936. The summed E-state index contributed by atoms with van der Waals surface area (Å²) in [6.45, 7) is 0. The summed E-state index contributed by atoms with van der Waals surface area (Å²) in [5.41, 5.74) is 0.143. The first kappa shape index (κ1) is 13.7. The second kappa shape index (κ2) is 6.24. The van der Waals surface area contributed by atoms with Crippen molar-refractivity contribution in [1.82, 2.24) is 0 Å². The van der Waals surface area contributed by atoms with E-state index in [9.17, 15) is 9.59 Å². The minimum Gasteiger partial charge on any atom is -0.296 e. The second-order valence-corrected chi connectivity index (χ2v) is 2.33. The second-order valence-electron chi connectivity index (χ2n) is 2.33. The van der Waals surface area contributed by atoms with Gasteiger partial charge in [0.05, 0.1) is 11.1 Å². The van der Waals surface area contributed by atoms with E-state index >= 15 is 0 Å². The van der Waals surface area contributed by atoms with E-state index in [0.717, 1.165) is 0 Å². The van der Waals surface area contributed by atoms with Crippen LogP contribution in [0.2, 0.25) is 0 Å². The first-order chi connectivity index (χ1) is 6.69. The van der Waals surface area contributed by atoms with E-state index < -0.39 is 11.9 Å². The normalized spacial score (nSPS) is 8.67. The quantitative estimate of drug-likeness (QED) is 0.469. The van der Waals surface area contributed by atoms with Gasteiger partial charge in [-0.2, -0.15) is 10.5 Å². The molecule has 0 aromatic heterocycles. The molecule has 0 spiro atoms. The van der Waals surface area contributed by atoms with Crippen molar-refractivity contribution >= 4 is 11.9 Å². The summed E-state index contributed by atoms with van der Waals surface area (Å²) in [6, 6.07) is 4.96. The van der Waals surface area contributed by atoms with Crippen molar-refractivity contribution in [2.45, 2.75) is 0 Å². The van der Waals surface area contributed by atoms with E-state index in [0.29, 0.717) is 0 Å². The molecule has 0 fully saturated rings. The molecular formula is C8H6O6Zn. The fraction of sp³-hybridized carbons (Fsp3) is 0. The van der Waals surface area contributed by atoms with Crippen LogP contribution in [0.4, 0.5) is 0 Å². The Labute approximate surface area is 97.0 Å². The molecule has 7 heteroatoms. The molecule has 1 aromatic rings. The summed E-state index contributed by atoms with van der Waals surface area (Å²) in [5, 5.41) is 16.1. The Balaban J connectivity index is 0.00000196. The van der Waals surface area contributed by atoms with Crippen LogP contribution in [0, 0.1) is 0 Å². The molecule has 0 aliphatic rings. The van der Waals surface area contributed by atoms with Gasteiger partial charge in [-0.25, -0.2) is 9.59 Å². The van der Waals surface area contributed by atoms with Crippen LogP contribution >= 0.6 is 0 Å². The number of rotatable bonds is 2. The largest absolute Gasteiger partial charge is 0.372 e. The Morgan fingerprint density at radius 3 is 1.33 bits per heavy atom. The van der Waals surface area contributed by atoms with Gasteiger partial charge in [0.15, 0.2) is 0 Å². The molecule has 0 aliphatic carbocycles. The molecule has 2 N–H and O–H groups in total. The predicted molar refractivity (Wildman–Crippen MR) is 42.5 cm³/mol. The maximum Gasteiger partial charge on any atom is 0.372 e. The Morgan fingerprint density at radius 1 is 0.867 bits per heavy atom. The summed E-state index contributed by atoms with van der Waals surface area (Å²) >= 11 is 0. The third-order valence-corrected chi connectivity index (χ3v) is 1.52. The Morgan fingerprint density at radius 2 is 1.13 bits per heavy atom. The van der Waals surface area contributed by atoms with Crippen LogP contribution < -0.4 is 0 Å². The van der Waals surface area contributed by atoms with Gasteiger partial charge in [0.2, 0.25) is 0 Å². The maximum atomic E-state index is 10.7. The number of carbonyl (C=O) groups is 2. The van der Waals surface area contributed by atoms with E-state index in [1.807, 2.05) is 0 Å². The molecular weight excluding hydrogens is 257 g/mol. The third kappa shape index (κ3) is 3.40. The molecule has 15 heavy (non-hydrogen) atoms. The van der Waals surface area contributed by atoms with Crippen LogP contribution in [-0.2, 0) is 29.3 Å². The summed E-state index contributed by atoms with van der Waals surface area (Å²) in [7, 11) is 0. The van der Waals surface area contributed by atoms with Crippen molar-refractivity contribution in [2.75, 3.05) is 0 Å². The van der Waals surface area contributed by atoms with Gasteiger partial charge in [0.1, 0.15) is 0 Å². The van der Waals surface area contributed by atoms with Crippen LogP contribution in [0.1, 0.15) is 20.7 Å². The predicted octanol–water partition coefficient (Wildman–Crippen LogP) is 0.944. The van der Waals surface area contributed by atoms with Gasteiger partial charge in [-0.3, -0.25) is 9.78 Å². The molecule has 0 unspecified atom stereocenters. The van der Waals surface area contributed by atoms with E-state index in [4.69, 9.17) is 10.5 Å². The molecule has 6 nitrogen and oxygen atoms in total. The van der Waals surface area contributed by atoms with Crippen molar-refractivity contribution in [1.29, 1.82) is 0 Å². The molecule has 1 rings (SSSR count). The minimum absolute atomic E-state index is 0. The van der Waals surface area contributed by atoms with Crippen molar-refractivity contribution < 1.29 is 49.4 Å². The molecule has 0 bridgehead atoms. The molecule has 0 saturated carbocycles. The first-order valence-electron chi connectivity index (χ1n) is 3.50. The zero-order valence-corrected chi connectivity index (χ0v) is 10.5. The van der Waals surface area contributed by atoms with Gasteiger partial charge >= 0.3 is 11.9 Å². The fourth-order valence-electron chi connectivity index (χ4n) is 0.848. The standard InChI is InChI=1S/C8H6O6.Zn/c9-7(13-11)5-1-2-6(4-3-5)8(10)14-12;/h1-4,11-12H;. The van der Waals surface area contributed by atoms with E-state index in [2.05, 4.69) is 9.78 Å². The Kier molecular flexibility index (Phi) is 5.70. The molecule has 0 atom stereocenters. The monoisotopic (exact) mass is 262 g/mol. The van der Waals surface area contributed by atoms with Crippen LogP contribution in [0.25, 0.3) is 0 Å². The SMILES string of the molecule is O=C(OO)c1ccc(C(=O)OO)cc1.[Zn]. The average molecular weight is 264 g/mol. The average Bonchev–Trinajstić information content (AvgIpc) is 2.27. The van der Waals surface area contributed by atoms with Gasteiger partial charge in [-0.1, -0.05) is 0 Å². The zero-order chi connectivity index (χ0) is 10.6. The van der Waals surface area contributed by atoms with Crippen LogP contribution in [0.3, 0.4) is 0 Å². The topological polar surface area (TPSA) is 93.1 Å². The molecule has 0 aliphatic heterocycles. The number of hydrogen-bond donors (Lipinski definition) is 2. The van der Waals surface area contributed by atoms with Crippen molar-refractivity contribution in [3.8, 4) is 0 Å². The number of carbonyl (C=O) groups excluding carboxylic acids is 2. The number of hydrogen-bond acceptors (Lipinski definition) is 6. The molecule has 0 amide bonds. The van der Waals surface area contributed by atoms with Crippen molar-refractivity contribution in [3.63, 3.8) is 0 Å². The summed E-state index contributed by atoms with van der Waals surface area (Å²) in [4.78, 5) is 28.4. The van der Waals surface area contributed by atoms with Crippen molar-refractivity contribution in [3.05, 3.63) is 35.4 Å². The molecule has 0 saturated heterocycles. The molecule has 1 aromatic carbocycles. The molecule has 0 radical (unpaired) electrons. The van der Waals surface area contributed by atoms with E-state index in [-0.39, 0.29) is 30.6 Å². The van der Waals surface area contributed by atoms with Gasteiger partial charge in [0.25, 0.3) is 0 Å². The first-order valence-corrected chi connectivity index (χ1v) is 3.50. The van der Waals surface area contributed by atoms with Gasteiger partial charge < -0.3 is 0 Å². The summed E-state index contributed by atoms with van der Waals surface area (Å²) in [6.07, 6.45) is 0. The molecule has 0 heterocycles. The van der Waals surface area contributed by atoms with E-state index in [1.165, 1.54) is 24.3 Å². The van der Waals surface area contributed by atoms with Gasteiger partial charge in [-0.15, -0.1) is 0 Å². The Bertz CT molecular complexity index is 312. The number of benzene rings is 1. The van der Waals surface area contributed by atoms with Crippen LogP contribution in [-0.4, -0.2) is 22.5 Å². The summed E-state index contributed by atoms with van der Waals surface area (Å²) in [5.74, 6) is -1.87. The van der Waals surface area contributed by atoms with E-state index in [1.54, 1.807) is 0 Å². The maximum absolute atomic E-state index is 10.7. The van der Waals surface area contributed by atoms with Crippen LogP contribution in [0.15, 0.2) is 24.3 Å². The summed E-state index contributed by atoms with van der Waals surface area (Å²) < 4.78 is 0.